The van der Waals surface area contributed by atoms with Crippen molar-refractivity contribution in [3.8, 4) is 22.8 Å². The van der Waals surface area contributed by atoms with Gasteiger partial charge in [0.1, 0.15) is 5.69 Å². The minimum Gasteiger partial charge on any atom is -0.493 e. The number of H-pyrrole nitrogens is 1. The average molecular weight is 367 g/mol. The van der Waals surface area contributed by atoms with Gasteiger partial charge >= 0.3 is 0 Å². The Labute approximate surface area is 157 Å². The summed E-state index contributed by atoms with van der Waals surface area (Å²) >= 11 is 0. The molecule has 1 atom stereocenters. The predicted octanol–water partition coefficient (Wildman–Crippen LogP) is 2.56. The molecule has 0 fully saturated rings. The second-order valence-electron chi connectivity index (χ2n) is 5.86. The minimum atomic E-state index is -0.494. The lowest BCUT2D eigenvalue weighted by Crippen LogP contribution is -2.31. The van der Waals surface area contributed by atoms with Gasteiger partial charge in [-0.25, -0.2) is 0 Å². The van der Waals surface area contributed by atoms with E-state index in [-0.39, 0.29) is 12.5 Å². The molecule has 3 N–H and O–H groups in total. The summed E-state index contributed by atoms with van der Waals surface area (Å²) in [5, 5.41) is 19.3. The molecule has 7 heteroatoms. The number of aliphatic hydroxyl groups excluding tert-OH is 1. The van der Waals surface area contributed by atoms with Crippen LogP contribution in [0.5, 0.6) is 11.5 Å². The zero-order chi connectivity index (χ0) is 19.2. The fourth-order valence-electron chi connectivity index (χ4n) is 2.74. The standard InChI is InChI=1S/C20H21N3O4/c1-26-18-9-8-14(10-19(18)27-2)15-11-16(23-22-15)20(25)21-17(12-24)13-6-4-3-5-7-13/h3-11,17,24H,12H2,1-2H3,(H,21,25)(H,22,23). The number of amides is 1. The summed E-state index contributed by atoms with van der Waals surface area (Å²) < 4.78 is 10.5. The molecular formula is C20H21N3O4. The van der Waals surface area contributed by atoms with Gasteiger partial charge in [0.15, 0.2) is 11.5 Å². The maximum absolute atomic E-state index is 12.5. The molecule has 1 aromatic heterocycles. The molecule has 0 radical (unpaired) electrons. The Bertz CT molecular complexity index is 909. The lowest BCUT2D eigenvalue weighted by atomic mass is 10.1. The van der Waals surface area contributed by atoms with E-state index in [2.05, 4.69) is 15.5 Å². The van der Waals surface area contributed by atoms with E-state index in [9.17, 15) is 9.90 Å². The quantitative estimate of drug-likeness (QED) is 0.596. The van der Waals surface area contributed by atoms with Crippen LogP contribution in [0.3, 0.4) is 0 Å². The Morgan fingerprint density at radius 3 is 2.52 bits per heavy atom. The van der Waals surface area contributed by atoms with E-state index in [0.717, 1.165) is 11.1 Å². The zero-order valence-corrected chi connectivity index (χ0v) is 15.1. The number of nitrogens with zero attached hydrogens (tertiary/aromatic N) is 1. The molecule has 1 amide bonds. The topological polar surface area (TPSA) is 96.5 Å². The van der Waals surface area contributed by atoms with Gasteiger partial charge in [0.2, 0.25) is 0 Å². The van der Waals surface area contributed by atoms with Crippen molar-refractivity contribution in [2.24, 2.45) is 0 Å². The highest BCUT2D eigenvalue weighted by atomic mass is 16.5. The van der Waals surface area contributed by atoms with Crippen LogP contribution in [-0.2, 0) is 0 Å². The molecule has 1 unspecified atom stereocenters. The lowest BCUT2D eigenvalue weighted by molar-refractivity contribution is 0.0911. The highest BCUT2D eigenvalue weighted by Gasteiger charge is 2.17. The Hall–Kier alpha value is -3.32. The van der Waals surface area contributed by atoms with E-state index in [1.807, 2.05) is 36.4 Å². The fourth-order valence-corrected chi connectivity index (χ4v) is 2.74. The first-order valence-corrected chi connectivity index (χ1v) is 8.40. The highest BCUT2D eigenvalue weighted by Crippen LogP contribution is 2.31. The van der Waals surface area contributed by atoms with Gasteiger partial charge in [-0.15, -0.1) is 0 Å². The third-order valence-corrected chi connectivity index (χ3v) is 4.19. The van der Waals surface area contributed by atoms with Crippen molar-refractivity contribution in [3.05, 3.63) is 65.9 Å². The molecule has 0 aliphatic rings. The number of carbonyl (C=O) groups excluding carboxylic acids is 1. The number of carbonyl (C=O) groups is 1. The van der Waals surface area contributed by atoms with Gasteiger partial charge in [0, 0.05) is 5.56 Å². The van der Waals surface area contributed by atoms with Crippen molar-refractivity contribution in [1.29, 1.82) is 0 Å². The van der Waals surface area contributed by atoms with E-state index >= 15 is 0 Å². The van der Waals surface area contributed by atoms with Crippen molar-refractivity contribution in [3.63, 3.8) is 0 Å². The molecule has 0 bridgehead atoms. The predicted molar refractivity (Wildman–Crippen MR) is 101 cm³/mol. The normalized spacial score (nSPS) is 11.7. The summed E-state index contributed by atoms with van der Waals surface area (Å²) in [5.41, 5.74) is 2.51. The van der Waals surface area contributed by atoms with Gasteiger partial charge in [-0.2, -0.15) is 5.10 Å². The summed E-state index contributed by atoms with van der Waals surface area (Å²) in [6.07, 6.45) is 0. The van der Waals surface area contributed by atoms with Gasteiger partial charge in [0.05, 0.1) is 32.6 Å². The van der Waals surface area contributed by atoms with Crippen LogP contribution in [0.15, 0.2) is 54.6 Å². The number of benzene rings is 2. The third-order valence-electron chi connectivity index (χ3n) is 4.19. The molecule has 0 saturated heterocycles. The molecule has 0 spiro atoms. The molecule has 7 nitrogen and oxygen atoms in total. The van der Waals surface area contributed by atoms with Crippen LogP contribution >= 0.6 is 0 Å². The Morgan fingerprint density at radius 1 is 1.11 bits per heavy atom. The van der Waals surface area contributed by atoms with E-state index in [1.54, 1.807) is 32.4 Å². The number of rotatable bonds is 7. The first-order chi connectivity index (χ1) is 13.2. The molecule has 0 aliphatic carbocycles. The zero-order valence-electron chi connectivity index (χ0n) is 15.1. The Balaban J connectivity index is 1.78. The second-order valence-corrected chi connectivity index (χ2v) is 5.86. The second kappa shape index (κ2) is 8.37. The summed E-state index contributed by atoms with van der Waals surface area (Å²) in [6, 6.07) is 15.8. The van der Waals surface area contributed by atoms with Gasteiger partial charge in [-0.3, -0.25) is 9.89 Å². The number of aromatic nitrogens is 2. The fraction of sp³-hybridized carbons (Fsp3) is 0.200. The molecule has 3 rings (SSSR count). The van der Waals surface area contributed by atoms with Gasteiger partial charge in [0.25, 0.3) is 5.91 Å². The maximum Gasteiger partial charge on any atom is 0.269 e. The van der Waals surface area contributed by atoms with Crippen LogP contribution in [-0.4, -0.2) is 42.0 Å². The van der Waals surface area contributed by atoms with Crippen LogP contribution in [0.2, 0.25) is 0 Å². The Morgan fingerprint density at radius 2 is 1.85 bits per heavy atom. The molecule has 2 aromatic carbocycles. The van der Waals surface area contributed by atoms with Crippen molar-refractivity contribution < 1.29 is 19.4 Å². The van der Waals surface area contributed by atoms with Crippen molar-refractivity contribution in [2.75, 3.05) is 20.8 Å². The van der Waals surface area contributed by atoms with Crippen LogP contribution in [0.1, 0.15) is 22.1 Å². The van der Waals surface area contributed by atoms with Gasteiger partial charge < -0.3 is 19.9 Å². The first-order valence-electron chi connectivity index (χ1n) is 8.40. The molecule has 3 aromatic rings. The van der Waals surface area contributed by atoms with Crippen LogP contribution in [0, 0.1) is 0 Å². The largest absolute Gasteiger partial charge is 0.493 e. The van der Waals surface area contributed by atoms with Crippen molar-refractivity contribution in [2.45, 2.75) is 6.04 Å². The molecule has 1 heterocycles. The van der Waals surface area contributed by atoms with Crippen LogP contribution < -0.4 is 14.8 Å². The third kappa shape index (κ3) is 4.09. The molecule has 140 valence electrons. The molecular weight excluding hydrogens is 346 g/mol. The van der Waals surface area contributed by atoms with E-state index in [4.69, 9.17) is 9.47 Å². The smallest absolute Gasteiger partial charge is 0.269 e. The molecule has 0 aliphatic heterocycles. The van der Waals surface area contributed by atoms with Crippen molar-refractivity contribution >= 4 is 5.91 Å². The molecule has 27 heavy (non-hydrogen) atoms. The lowest BCUT2D eigenvalue weighted by Gasteiger charge is -2.15. The van der Waals surface area contributed by atoms with E-state index in [1.165, 1.54) is 0 Å². The number of aromatic amines is 1. The summed E-state index contributed by atoms with van der Waals surface area (Å²) in [6.45, 7) is -0.202. The summed E-state index contributed by atoms with van der Waals surface area (Å²) in [7, 11) is 3.13. The number of hydrogen-bond acceptors (Lipinski definition) is 5. The molecule has 0 saturated carbocycles. The number of ether oxygens (including phenoxy) is 2. The van der Waals surface area contributed by atoms with Gasteiger partial charge in [-0.05, 0) is 29.8 Å². The number of methoxy groups -OCH3 is 2. The Kier molecular flexibility index (Phi) is 5.73. The summed E-state index contributed by atoms with van der Waals surface area (Å²) in [4.78, 5) is 12.5. The van der Waals surface area contributed by atoms with Crippen molar-refractivity contribution in [1.82, 2.24) is 15.5 Å². The highest BCUT2D eigenvalue weighted by molar-refractivity contribution is 5.93. The monoisotopic (exact) mass is 367 g/mol. The minimum absolute atomic E-state index is 0.202. The summed E-state index contributed by atoms with van der Waals surface area (Å²) in [5.74, 6) is 0.842. The van der Waals surface area contributed by atoms with Crippen LogP contribution in [0.25, 0.3) is 11.3 Å². The average Bonchev–Trinajstić information content (AvgIpc) is 3.22. The number of aliphatic hydroxyl groups is 1. The van der Waals surface area contributed by atoms with E-state index < -0.39 is 6.04 Å². The van der Waals surface area contributed by atoms with E-state index in [0.29, 0.717) is 22.9 Å². The number of hydrogen-bond donors (Lipinski definition) is 3. The van der Waals surface area contributed by atoms with Gasteiger partial charge in [-0.1, -0.05) is 30.3 Å². The number of nitrogens with one attached hydrogen (secondary N) is 2. The SMILES string of the molecule is COc1ccc(-c2cc(C(=O)NC(CO)c3ccccc3)[nH]n2)cc1OC. The maximum atomic E-state index is 12.5. The first kappa shape index (κ1) is 18.5. The van der Waals surface area contributed by atoms with Crippen LogP contribution in [0.4, 0.5) is 0 Å².